The van der Waals surface area contributed by atoms with Gasteiger partial charge < -0.3 is 9.64 Å². The number of amides is 1. The summed E-state index contributed by atoms with van der Waals surface area (Å²) in [5.74, 6) is 0.432. The molecule has 4 rings (SSSR count). The molecule has 0 saturated heterocycles. The van der Waals surface area contributed by atoms with Gasteiger partial charge in [-0.25, -0.2) is 4.98 Å². The minimum absolute atomic E-state index is 0.0633. The average molecular weight is 413 g/mol. The molecular formula is C25H23N3O3. The zero-order chi connectivity index (χ0) is 21.6. The molecule has 0 N–H and O–H groups in total. The van der Waals surface area contributed by atoms with Gasteiger partial charge in [0.05, 0.1) is 0 Å². The van der Waals surface area contributed by atoms with E-state index in [1.54, 1.807) is 29.3 Å². The molecular weight excluding hydrogens is 390 g/mol. The quantitative estimate of drug-likeness (QED) is 0.460. The second kappa shape index (κ2) is 9.26. The summed E-state index contributed by atoms with van der Waals surface area (Å²) in [6.45, 7) is 3.26. The Morgan fingerprint density at radius 1 is 0.968 bits per heavy atom. The molecule has 0 atom stereocenters. The summed E-state index contributed by atoms with van der Waals surface area (Å²) in [7, 11) is 0. The predicted molar refractivity (Wildman–Crippen MR) is 119 cm³/mol. The summed E-state index contributed by atoms with van der Waals surface area (Å²) in [4.78, 5) is 31.6. The van der Waals surface area contributed by atoms with Gasteiger partial charge in [0.2, 0.25) is 0 Å². The van der Waals surface area contributed by atoms with Crippen LogP contribution in [0.5, 0.6) is 5.75 Å². The molecule has 0 aliphatic heterocycles. The van der Waals surface area contributed by atoms with Gasteiger partial charge in [0.15, 0.2) is 0 Å². The van der Waals surface area contributed by atoms with Gasteiger partial charge in [-0.1, -0.05) is 48.5 Å². The largest absolute Gasteiger partial charge is 0.489 e. The Morgan fingerprint density at radius 3 is 2.45 bits per heavy atom. The fraction of sp³-hybridized carbons (Fsp3) is 0.160. The summed E-state index contributed by atoms with van der Waals surface area (Å²) >= 11 is 0. The highest BCUT2D eigenvalue weighted by Gasteiger charge is 2.19. The van der Waals surface area contributed by atoms with E-state index >= 15 is 0 Å². The minimum Gasteiger partial charge on any atom is -0.489 e. The zero-order valence-electron chi connectivity index (χ0n) is 17.3. The van der Waals surface area contributed by atoms with E-state index in [2.05, 4.69) is 4.98 Å². The van der Waals surface area contributed by atoms with Crippen LogP contribution in [0.4, 0.5) is 0 Å². The molecule has 2 aromatic heterocycles. The normalized spacial score (nSPS) is 10.7. The summed E-state index contributed by atoms with van der Waals surface area (Å²) in [5, 5.41) is 0. The number of hydrogen-bond acceptors (Lipinski definition) is 4. The van der Waals surface area contributed by atoms with Crippen molar-refractivity contribution in [2.75, 3.05) is 6.54 Å². The van der Waals surface area contributed by atoms with E-state index in [0.29, 0.717) is 25.3 Å². The molecule has 0 saturated carbocycles. The number of rotatable bonds is 7. The minimum atomic E-state index is -0.362. The lowest BCUT2D eigenvalue weighted by Crippen LogP contribution is -2.35. The Balaban J connectivity index is 1.45. The van der Waals surface area contributed by atoms with Crippen LogP contribution in [0.3, 0.4) is 0 Å². The van der Waals surface area contributed by atoms with Crippen LogP contribution in [0.25, 0.3) is 5.65 Å². The van der Waals surface area contributed by atoms with Gasteiger partial charge in [0.1, 0.15) is 23.6 Å². The molecule has 156 valence electrons. The molecule has 0 radical (unpaired) electrons. The average Bonchev–Trinajstić information content (AvgIpc) is 2.82. The topological polar surface area (TPSA) is 63.9 Å². The molecule has 6 nitrogen and oxygen atoms in total. The zero-order valence-corrected chi connectivity index (χ0v) is 17.3. The van der Waals surface area contributed by atoms with Crippen molar-refractivity contribution >= 4 is 11.6 Å². The molecule has 31 heavy (non-hydrogen) atoms. The van der Waals surface area contributed by atoms with Crippen LogP contribution < -0.4 is 10.3 Å². The molecule has 0 spiro atoms. The number of aromatic nitrogens is 2. The standard InChI is InChI=1S/C25H23N3O3/c1-2-27(24(29)22-16-26-23-10-6-7-15-28(23)25(22)30)17-19-11-13-21(14-12-19)31-18-20-8-4-3-5-9-20/h3-16H,2,17-18H2,1H3. The van der Waals surface area contributed by atoms with E-state index in [9.17, 15) is 9.59 Å². The predicted octanol–water partition coefficient (Wildman–Crippen LogP) is 3.94. The second-order valence-corrected chi connectivity index (χ2v) is 7.14. The summed E-state index contributed by atoms with van der Waals surface area (Å²) < 4.78 is 7.21. The van der Waals surface area contributed by atoms with Crippen molar-refractivity contribution in [2.45, 2.75) is 20.1 Å². The fourth-order valence-electron chi connectivity index (χ4n) is 3.32. The SMILES string of the molecule is CCN(Cc1ccc(OCc2ccccc2)cc1)C(=O)c1cnc2ccccn2c1=O. The molecule has 0 bridgehead atoms. The van der Waals surface area contributed by atoms with Crippen LogP contribution in [0.15, 0.2) is 90.0 Å². The Bertz CT molecular complexity index is 1230. The van der Waals surface area contributed by atoms with Gasteiger partial charge in [-0.2, -0.15) is 0 Å². The Hall–Kier alpha value is -3.93. The van der Waals surface area contributed by atoms with Crippen LogP contribution in [0, 0.1) is 0 Å². The molecule has 0 fully saturated rings. The first kappa shape index (κ1) is 20.3. The lowest BCUT2D eigenvalue weighted by Gasteiger charge is -2.21. The van der Waals surface area contributed by atoms with E-state index < -0.39 is 0 Å². The van der Waals surface area contributed by atoms with E-state index in [1.807, 2.05) is 61.5 Å². The number of nitrogens with zero attached hydrogens (tertiary/aromatic N) is 3. The summed E-state index contributed by atoms with van der Waals surface area (Å²) in [5.41, 5.74) is 2.27. The van der Waals surface area contributed by atoms with E-state index in [4.69, 9.17) is 4.74 Å². The number of hydrogen-bond donors (Lipinski definition) is 0. The van der Waals surface area contributed by atoms with Gasteiger partial charge in [-0.05, 0) is 42.3 Å². The number of carbonyl (C=O) groups excluding carboxylic acids is 1. The smallest absolute Gasteiger partial charge is 0.270 e. The summed E-state index contributed by atoms with van der Waals surface area (Å²) in [6, 6.07) is 22.9. The number of benzene rings is 2. The summed E-state index contributed by atoms with van der Waals surface area (Å²) in [6.07, 6.45) is 2.98. The Labute approximate surface area is 180 Å². The molecule has 0 aliphatic rings. The third-order valence-corrected chi connectivity index (χ3v) is 5.06. The van der Waals surface area contributed by atoms with E-state index in [-0.39, 0.29) is 17.0 Å². The molecule has 2 aromatic carbocycles. The van der Waals surface area contributed by atoms with Crippen molar-refractivity contribution in [1.29, 1.82) is 0 Å². The maximum Gasteiger partial charge on any atom is 0.270 e. The fourth-order valence-corrected chi connectivity index (χ4v) is 3.32. The molecule has 4 aromatic rings. The molecule has 1 amide bonds. The van der Waals surface area contributed by atoms with Crippen molar-refractivity contribution < 1.29 is 9.53 Å². The molecule has 2 heterocycles. The van der Waals surface area contributed by atoms with Gasteiger partial charge in [-0.15, -0.1) is 0 Å². The van der Waals surface area contributed by atoms with Crippen LogP contribution >= 0.6 is 0 Å². The third-order valence-electron chi connectivity index (χ3n) is 5.06. The Morgan fingerprint density at radius 2 is 1.71 bits per heavy atom. The first-order valence-electron chi connectivity index (χ1n) is 10.2. The Kier molecular flexibility index (Phi) is 6.08. The number of ether oxygens (including phenoxy) is 1. The highest BCUT2D eigenvalue weighted by atomic mass is 16.5. The van der Waals surface area contributed by atoms with Crippen molar-refractivity contribution in [3.8, 4) is 5.75 Å². The van der Waals surface area contributed by atoms with Crippen LogP contribution in [0.1, 0.15) is 28.4 Å². The van der Waals surface area contributed by atoms with Crippen LogP contribution in [-0.2, 0) is 13.2 Å². The molecule has 0 aliphatic carbocycles. The van der Waals surface area contributed by atoms with E-state index in [1.165, 1.54) is 10.6 Å². The molecule has 0 unspecified atom stereocenters. The number of pyridine rings is 1. The van der Waals surface area contributed by atoms with E-state index in [0.717, 1.165) is 16.9 Å². The van der Waals surface area contributed by atoms with Crippen molar-refractivity contribution in [3.63, 3.8) is 0 Å². The maximum atomic E-state index is 13.0. The second-order valence-electron chi connectivity index (χ2n) is 7.14. The van der Waals surface area contributed by atoms with Crippen molar-refractivity contribution in [3.05, 3.63) is 112 Å². The van der Waals surface area contributed by atoms with Crippen molar-refractivity contribution in [2.24, 2.45) is 0 Å². The van der Waals surface area contributed by atoms with Crippen LogP contribution in [0.2, 0.25) is 0 Å². The van der Waals surface area contributed by atoms with Crippen LogP contribution in [-0.4, -0.2) is 26.7 Å². The van der Waals surface area contributed by atoms with Gasteiger partial charge in [-0.3, -0.25) is 14.0 Å². The van der Waals surface area contributed by atoms with Gasteiger partial charge in [0, 0.05) is 25.5 Å². The van der Waals surface area contributed by atoms with Gasteiger partial charge >= 0.3 is 0 Å². The highest BCUT2D eigenvalue weighted by Crippen LogP contribution is 2.16. The first-order valence-corrected chi connectivity index (χ1v) is 10.2. The third kappa shape index (κ3) is 4.64. The molecule has 6 heteroatoms. The number of carbonyl (C=O) groups is 1. The van der Waals surface area contributed by atoms with Gasteiger partial charge in [0.25, 0.3) is 11.5 Å². The van der Waals surface area contributed by atoms with Crippen molar-refractivity contribution in [1.82, 2.24) is 14.3 Å². The lowest BCUT2D eigenvalue weighted by molar-refractivity contribution is 0.0750. The first-order chi connectivity index (χ1) is 15.2. The number of fused-ring (bicyclic) bond motifs is 1. The lowest BCUT2D eigenvalue weighted by atomic mass is 10.2. The monoisotopic (exact) mass is 413 g/mol. The highest BCUT2D eigenvalue weighted by molar-refractivity contribution is 5.93. The maximum absolute atomic E-state index is 13.0.